The highest BCUT2D eigenvalue weighted by molar-refractivity contribution is 5.70. The minimum absolute atomic E-state index is 0.0691. The van der Waals surface area contributed by atoms with E-state index < -0.39 is 5.97 Å². The maximum atomic E-state index is 11.4. The molecule has 0 aromatic carbocycles. The molecule has 0 heterocycles. The monoisotopic (exact) mass is 348 g/mol. The van der Waals surface area contributed by atoms with Crippen molar-refractivity contribution < 1.29 is 33.3 Å². The van der Waals surface area contributed by atoms with Crippen LogP contribution in [0.25, 0.3) is 0 Å². The summed E-state index contributed by atoms with van der Waals surface area (Å²) in [5, 5.41) is 0. The van der Waals surface area contributed by atoms with Crippen molar-refractivity contribution in [3.05, 3.63) is 0 Å². The van der Waals surface area contributed by atoms with Gasteiger partial charge in [0.25, 0.3) is 0 Å². The van der Waals surface area contributed by atoms with Gasteiger partial charge in [0.2, 0.25) is 0 Å². The van der Waals surface area contributed by atoms with Gasteiger partial charge in [0.1, 0.15) is 13.2 Å². The highest BCUT2D eigenvalue weighted by Crippen LogP contribution is 2.05. The average molecular weight is 348 g/mol. The maximum absolute atomic E-state index is 11.4. The van der Waals surface area contributed by atoms with E-state index in [0.717, 1.165) is 12.8 Å². The van der Waals surface area contributed by atoms with E-state index in [2.05, 4.69) is 11.7 Å². The van der Waals surface area contributed by atoms with Crippen LogP contribution in [0.5, 0.6) is 0 Å². The molecular weight excluding hydrogens is 316 g/mol. The molecule has 0 aliphatic rings. The van der Waals surface area contributed by atoms with Gasteiger partial charge in [-0.15, -0.1) is 0 Å². The Morgan fingerprint density at radius 1 is 0.708 bits per heavy atom. The van der Waals surface area contributed by atoms with E-state index in [1.807, 2.05) is 0 Å². The first-order valence-electron chi connectivity index (χ1n) is 8.66. The number of unbranched alkanes of at least 4 members (excludes halogenated alkanes) is 4. The van der Waals surface area contributed by atoms with E-state index in [1.54, 1.807) is 0 Å². The molecule has 24 heavy (non-hydrogen) atoms. The lowest BCUT2D eigenvalue weighted by atomic mass is 10.1. The molecule has 0 radical (unpaired) electrons. The zero-order valence-corrected chi connectivity index (χ0v) is 15.1. The molecule has 0 aliphatic heterocycles. The Bertz CT molecular complexity index is 307. The number of carbonyl (C=O) groups is 2. The van der Waals surface area contributed by atoms with Gasteiger partial charge in [-0.05, 0) is 6.42 Å². The number of ether oxygens (including phenoxy) is 5. The van der Waals surface area contributed by atoms with E-state index in [4.69, 9.17) is 18.9 Å². The Hall–Kier alpha value is -1.18. The number of hydrogen-bond donors (Lipinski definition) is 0. The zero-order valence-electron chi connectivity index (χ0n) is 15.1. The molecule has 7 heteroatoms. The summed E-state index contributed by atoms with van der Waals surface area (Å²) in [7, 11) is 1.31. The van der Waals surface area contributed by atoms with Crippen LogP contribution in [0, 0.1) is 0 Å². The fourth-order valence-corrected chi connectivity index (χ4v) is 1.81. The third-order valence-electron chi connectivity index (χ3n) is 3.17. The lowest BCUT2D eigenvalue weighted by Gasteiger charge is -2.07. The second-order valence-corrected chi connectivity index (χ2v) is 5.24. The molecular formula is C17H32O7. The van der Waals surface area contributed by atoms with Crippen LogP contribution in [0.15, 0.2) is 0 Å². The second kappa shape index (κ2) is 18.2. The number of carbonyl (C=O) groups excluding carboxylic acids is 2. The van der Waals surface area contributed by atoms with Gasteiger partial charge < -0.3 is 23.7 Å². The Balaban J connectivity index is 3.16. The first-order chi connectivity index (χ1) is 11.7. The molecule has 0 bridgehead atoms. The second-order valence-electron chi connectivity index (χ2n) is 5.24. The standard InChI is InChI=1S/C17H32O7/c1-3-4-5-6-7-8-16(18)24-14-13-22-10-9-21-11-12-23-15-17(19)20-2/h3-15H2,1-2H3. The van der Waals surface area contributed by atoms with Gasteiger partial charge in [0, 0.05) is 6.42 Å². The fourth-order valence-electron chi connectivity index (χ4n) is 1.81. The number of rotatable bonds is 17. The topological polar surface area (TPSA) is 80.3 Å². The first-order valence-corrected chi connectivity index (χ1v) is 8.66. The van der Waals surface area contributed by atoms with Crippen LogP contribution >= 0.6 is 0 Å². The predicted octanol–water partition coefficient (Wildman–Crippen LogP) is 2.11. The first kappa shape index (κ1) is 22.8. The average Bonchev–Trinajstić information content (AvgIpc) is 2.59. The molecule has 0 aliphatic carbocycles. The summed E-state index contributed by atoms with van der Waals surface area (Å²) in [6.45, 7) is 4.29. The van der Waals surface area contributed by atoms with Gasteiger partial charge >= 0.3 is 11.9 Å². The molecule has 0 spiro atoms. The molecule has 0 fully saturated rings. The fraction of sp³-hybridized carbons (Fsp3) is 0.882. The van der Waals surface area contributed by atoms with Crippen LogP contribution in [0.3, 0.4) is 0 Å². The van der Waals surface area contributed by atoms with Gasteiger partial charge in [-0.1, -0.05) is 32.6 Å². The molecule has 0 aromatic heterocycles. The van der Waals surface area contributed by atoms with Gasteiger partial charge in [-0.3, -0.25) is 4.79 Å². The van der Waals surface area contributed by atoms with E-state index in [-0.39, 0.29) is 19.2 Å². The summed E-state index contributed by atoms with van der Waals surface area (Å²) in [5.41, 5.74) is 0. The molecule has 7 nitrogen and oxygen atoms in total. The van der Waals surface area contributed by atoms with Crippen LogP contribution in [-0.2, 0) is 33.3 Å². The van der Waals surface area contributed by atoms with Crippen molar-refractivity contribution in [2.45, 2.75) is 45.4 Å². The Kier molecular flexibility index (Phi) is 17.3. The smallest absolute Gasteiger partial charge is 0.331 e. The normalized spacial score (nSPS) is 10.6. The molecule has 0 saturated carbocycles. The third-order valence-corrected chi connectivity index (χ3v) is 3.17. The largest absolute Gasteiger partial charge is 0.467 e. The van der Waals surface area contributed by atoms with Crippen LogP contribution in [-0.4, -0.2) is 65.3 Å². The summed E-state index contributed by atoms with van der Waals surface area (Å²) >= 11 is 0. The minimum atomic E-state index is -0.408. The number of hydrogen-bond acceptors (Lipinski definition) is 7. The van der Waals surface area contributed by atoms with Crippen LogP contribution < -0.4 is 0 Å². The Morgan fingerprint density at radius 2 is 1.29 bits per heavy atom. The number of esters is 2. The predicted molar refractivity (Wildman–Crippen MR) is 88.8 cm³/mol. The summed E-state index contributed by atoms with van der Waals surface area (Å²) in [6.07, 6.45) is 6.07. The van der Waals surface area contributed by atoms with E-state index in [1.165, 1.54) is 26.4 Å². The molecule has 0 atom stereocenters. The van der Waals surface area contributed by atoms with Gasteiger partial charge in [0.05, 0.1) is 40.1 Å². The molecule has 0 unspecified atom stereocenters. The van der Waals surface area contributed by atoms with Crippen molar-refractivity contribution in [2.75, 3.05) is 53.4 Å². The summed E-state index contributed by atoms with van der Waals surface area (Å²) in [6, 6.07) is 0. The van der Waals surface area contributed by atoms with Crippen LogP contribution in [0.1, 0.15) is 45.4 Å². The summed E-state index contributed by atoms with van der Waals surface area (Å²) in [5.74, 6) is -0.567. The maximum Gasteiger partial charge on any atom is 0.331 e. The SMILES string of the molecule is CCCCCCCC(=O)OCCOCCOCCOCC(=O)OC. The lowest BCUT2D eigenvalue weighted by Crippen LogP contribution is -2.15. The van der Waals surface area contributed by atoms with Crippen molar-refractivity contribution in [2.24, 2.45) is 0 Å². The molecule has 0 aromatic rings. The third kappa shape index (κ3) is 17.2. The van der Waals surface area contributed by atoms with Crippen LogP contribution in [0.4, 0.5) is 0 Å². The van der Waals surface area contributed by atoms with E-state index in [0.29, 0.717) is 39.5 Å². The summed E-state index contributed by atoms with van der Waals surface area (Å²) < 4.78 is 25.1. The van der Waals surface area contributed by atoms with Crippen molar-refractivity contribution in [3.8, 4) is 0 Å². The van der Waals surface area contributed by atoms with E-state index in [9.17, 15) is 9.59 Å². The van der Waals surface area contributed by atoms with Gasteiger partial charge in [-0.25, -0.2) is 4.79 Å². The Morgan fingerprint density at radius 3 is 1.92 bits per heavy atom. The molecule has 0 saturated heterocycles. The van der Waals surface area contributed by atoms with E-state index >= 15 is 0 Å². The highest BCUT2D eigenvalue weighted by atomic mass is 16.6. The molecule has 0 amide bonds. The van der Waals surface area contributed by atoms with Crippen molar-refractivity contribution >= 4 is 11.9 Å². The van der Waals surface area contributed by atoms with Crippen molar-refractivity contribution in [1.29, 1.82) is 0 Å². The van der Waals surface area contributed by atoms with Crippen molar-refractivity contribution in [3.63, 3.8) is 0 Å². The lowest BCUT2D eigenvalue weighted by molar-refractivity contribution is -0.146. The minimum Gasteiger partial charge on any atom is -0.467 e. The van der Waals surface area contributed by atoms with Crippen molar-refractivity contribution in [1.82, 2.24) is 0 Å². The Labute approximate surface area is 144 Å². The van der Waals surface area contributed by atoms with Gasteiger partial charge in [-0.2, -0.15) is 0 Å². The number of methoxy groups -OCH3 is 1. The highest BCUT2D eigenvalue weighted by Gasteiger charge is 2.02. The molecule has 0 rings (SSSR count). The molecule has 142 valence electrons. The zero-order chi connectivity index (χ0) is 17.9. The quantitative estimate of drug-likeness (QED) is 0.294. The van der Waals surface area contributed by atoms with Gasteiger partial charge in [0.15, 0.2) is 0 Å². The summed E-state index contributed by atoms with van der Waals surface area (Å²) in [4.78, 5) is 22.2. The van der Waals surface area contributed by atoms with Crippen LogP contribution in [0.2, 0.25) is 0 Å². The molecule has 0 N–H and O–H groups in total.